The Hall–Kier alpha value is -3.67. The lowest BCUT2D eigenvalue weighted by Crippen LogP contribution is -2.37. The van der Waals surface area contributed by atoms with Crippen LogP contribution in [0.1, 0.15) is 11.1 Å². The Kier molecular flexibility index (Phi) is 4.69. The number of nitrogens with zero attached hydrogens (tertiary/aromatic N) is 3. The maximum absolute atomic E-state index is 13.7. The third-order valence-electron chi connectivity index (χ3n) is 7.17. The molecule has 1 aromatic carbocycles. The highest BCUT2D eigenvalue weighted by Crippen LogP contribution is 2.78. The average Bonchev–Trinajstić information content (AvgIpc) is 3.64. The number of alkyl halides is 3. The lowest BCUT2D eigenvalue weighted by atomic mass is 10.0. The van der Waals surface area contributed by atoms with Crippen LogP contribution >= 0.6 is 0 Å². The minimum absolute atomic E-state index is 0.0581. The number of piperidine rings is 1. The first-order valence-corrected chi connectivity index (χ1v) is 12.6. The number of halogens is 3. The van der Waals surface area contributed by atoms with Gasteiger partial charge in [-0.2, -0.15) is 21.6 Å². The first kappa shape index (κ1) is 22.8. The Morgan fingerprint density at radius 3 is 2.39 bits per heavy atom. The number of aryl methyl sites for hydroxylation is 1. The molecule has 2 aromatic heterocycles. The van der Waals surface area contributed by atoms with Crippen LogP contribution in [0.3, 0.4) is 0 Å². The van der Waals surface area contributed by atoms with Crippen molar-refractivity contribution in [2.75, 3.05) is 9.62 Å². The molecular formula is C24H19F3N4O4S. The highest BCUT2D eigenvalue weighted by molar-refractivity contribution is 7.92. The van der Waals surface area contributed by atoms with Crippen LogP contribution < -0.4 is 9.62 Å². The molecule has 186 valence electrons. The van der Waals surface area contributed by atoms with E-state index in [1.54, 1.807) is 36.1 Å². The van der Waals surface area contributed by atoms with Gasteiger partial charge in [-0.05, 0) is 48.6 Å². The van der Waals surface area contributed by atoms with E-state index in [9.17, 15) is 31.5 Å². The molecule has 2 aliphatic carbocycles. The standard InChI is InChI=1S/C24H19F3N4O4S/c1-11-5-2-3-6-12(11)20-13(24(25,26)27)9-10-14(28-20)30-36(34,35)16-8-4-7-15(29-16)31-21-17-18(21)19(17)22(31)23(32)33/h2-10,17-19,21-22H,1H3,(H,28,30)(H,32,33)/t17-,18?,19-,21?,22-/m0/s1. The van der Waals surface area contributed by atoms with E-state index >= 15 is 0 Å². The Morgan fingerprint density at radius 1 is 1.00 bits per heavy atom. The molecule has 4 heterocycles. The number of carbonyl (C=O) groups is 1. The number of carboxylic acid groups (broad SMARTS) is 1. The molecule has 7 rings (SSSR count). The van der Waals surface area contributed by atoms with E-state index < -0.39 is 39.5 Å². The third kappa shape index (κ3) is 3.42. The largest absolute Gasteiger partial charge is 0.480 e. The van der Waals surface area contributed by atoms with E-state index in [1.165, 1.54) is 18.2 Å². The number of aliphatic carboxylic acids is 1. The van der Waals surface area contributed by atoms with Crippen LogP contribution in [0.2, 0.25) is 0 Å². The Morgan fingerprint density at radius 2 is 1.72 bits per heavy atom. The minimum Gasteiger partial charge on any atom is -0.480 e. The SMILES string of the molecule is Cc1ccccc1-c1nc(NS(=O)(=O)c2cccc(N3C4C5[C@H]4[C@@H]5[C@H]3C(=O)O)n2)ccc1C(F)(F)F. The predicted molar refractivity (Wildman–Crippen MR) is 123 cm³/mol. The maximum atomic E-state index is 13.7. The number of anilines is 2. The summed E-state index contributed by atoms with van der Waals surface area (Å²) in [5.74, 6) is -0.319. The van der Waals surface area contributed by atoms with Gasteiger partial charge in [-0.3, -0.25) is 4.72 Å². The van der Waals surface area contributed by atoms with Gasteiger partial charge in [0.25, 0.3) is 10.0 Å². The number of rotatable bonds is 6. The zero-order valence-corrected chi connectivity index (χ0v) is 19.5. The molecule has 5 atom stereocenters. The quantitative estimate of drug-likeness (QED) is 0.513. The smallest absolute Gasteiger partial charge is 0.418 e. The van der Waals surface area contributed by atoms with Gasteiger partial charge in [-0.1, -0.05) is 30.3 Å². The van der Waals surface area contributed by atoms with Gasteiger partial charge < -0.3 is 10.0 Å². The van der Waals surface area contributed by atoms with E-state index in [1.807, 2.05) is 0 Å². The zero-order valence-electron chi connectivity index (χ0n) is 18.6. The van der Waals surface area contributed by atoms with E-state index in [4.69, 9.17) is 0 Å². The van der Waals surface area contributed by atoms with Crippen molar-refractivity contribution in [3.8, 4) is 11.3 Å². The predicted octanol–water partition coefficient (Wildman–Crippen LogP) is 3.79. The fourth-order valence-corrected chi connectivity index (χ4v) is 6.42. The molecule has 2 N–H and O–H groups in total. The highest BCUT2D eigenvalue weighted by atomic mass is 32.2. The first-order valence-electron chi connectivity index (χ1n) is 11.1. The summed E-state index contributed by atoms with van der Waals surface area (Å²) in [5.41, 5.74) is -0.619. The van der Waals surface area contributed by atoms with E-state index in [2.05, 4.69) is 14.7 Å². The van der Waals surface area contributed by atoms with Crippen molar-refractivity contribution in [3.05, 3.63) is 65.7 Å². The van der Waals surface area contributed by atoms with E-state index in [-0.39, 0.29) is 34.2 Å². The van der Waals surface area contributed by atoms with Crippen molar-refractivity contribution in [1.82, 2.24) is 9.97 Å². The van der Waals surface area contributed by atoms with Gasteiger partial charge in [-0.25, -0.2) is 14.8 Å². The molecule has 12 heteroatoms. The fourth-order valence-electron chi connectivity index (χ4n) is 5.45. The summed E-state index contributed by atoms with van der Waals surface area (Å²) in [4.78, 5) is 21.6. The Labute approximate surface area is 203 Å². The van der Waals surface area contributed by atoms with Gasteiger partial charge in [0.1, 0.15) is 17.7 Å². The van der Waals surface area contributed by atoms with Crippen LogP contribution in [-0.4, -0.2) is 41.5 Å². The normalized spacial score (nSPS) is 25.9. The van der Waals surface area contributed by atoms with Crippen molar-refractivity contribution >= 4 is 27.6 Å². The van der Waals surface area contributed by atoms with Gasteiger partial charge in [0.05, 0.1) is 11.3 Å². The molecule has 0 spiro atoms. The van der Waals surface area contributed by atoms with Crippen molar-refractivity contribution in [3.63, 3.8) is 0 Å². The molecular weight excluding hydrogens is 497 g/mol. The minimum atomic E-state index is -4.70. The van der Waals surface area contributed by atoms with Gasteiger partial charge in [0.15, 0.2) is 5.03 Å². The molecule has 2 saturated heterocycles. The second-order valence-electron chi connectivity index (χ2n) is 9.26. The number of aromatic nitrogens is 2. The van der Waals surface area contributed by atoms with Crippen LogP contribution in [0.5, 0.6) is 0 Å². The van der Waals surface area contributed by atoms with Crippen LogP contribution in [-0.2, 0) is 21.0 Å². The summed E-state index contributed by atoms with van der Waals surface area (Å²) in [7, 11) is -4.34. The van der Waals surface area contributed by atoms with Crippen LogP contribution in [0, 0.1) is 24.7 Å². The third-order valence-corrected chi connectivity index (χ3v) is 8.42. The topological polar surface area (TPSA) is 112 Å². The summed E-state index contributed by atoms with van der Waals surface area (Å²) < 4.78 is 69.5. The number of hydrogen-bond donors (Lipinski definition) is 2. The Bertz CT molecular complexity index is 1520. The van der Waals surface area contributed by atoms with Crippen molar-refractivity contribution < 1.29 is 31.5 Å². The summed E-state index contributed by atoms with van der Waals surface area (Å²) in [6, 6.07) is 11.7. The molecule has 2 saturated carbocycles. The number of pyridine rings is 2. The number of hydrogen-bond acceptors (Lipinski definition) is 6. The molecule has 36 heavy (non-hydrogen) atoms. The molecule has 4 aliphatic rings. The highest BCUT2D eigenvalue weighted by Gasteiger charge is 2.86. The molecule has 2 bridgehead atoms. The number of sulfonamides is 1. The van der Waals surface area contributed by atoms with Crippen LogP contribution in [0.25, 0.3) is 11.3 Å². The molecule has 2 unspecified atom stereocenters. The monoisotopic (exact) mass is 516 g/mol. The fraction of sp³-hybridized carbons (Fsp3) is 0.292. The van der Waals surface area contributed by atoms with Crippen molar-refractivity contribution in [2.45, 2.75) is 30.2 Å². The number of fused-ring (bicyclic) bond motifs is 1. The van der Waals surface area contributed by atoms with Crippen LogP contribution in [0.15, 0.2) is 59.6 Å². The second-order valence-corrected chi connectivity index (χ2v) is 10.9. The molecule has 2 aliphatic heterocycles. The molecule has 4 fully saturated rings. The summed E-state index contributed by atoms with van der Waals surface area (Å²) >= 11 is 0. The second kappa shape index (κ2) is 7.42. The van der Waals surface area contributed by atoms with Crippen LogP contribution in [0.4, 0.5) is 24.8 Å². The maximum Gasteiger partial charge on any atom is 0.418 e. The molecule has 8 nitrogen and oxygen atoms in total. The number of carboxylic acids is 1. The first-order chi connectivity index (χ1) is 17.0. The zero-order chi connectivity index (χ0) is 25.6. The molecule has 3 aromatic rings. The van der Waals surface area contributed by atoms with Gasteiger partial charge in [-0.15, -0.1) is 0 Å². The lowest BCUT2D eigenvalue weighted by Gasteiger charge is -2.22. The number of benzene rings is 1. The average molecular weight is 517 g/mol. The summed E-state index contributed by atoms with van der Waals surface area (Å²) in [6.07, 6.45) is -4.70. The number of nitrogens with one attached hydrogen (secondary N) is 1. The Balaban J connectivity index is 1.33. The van der Waals surface area contributed by atoms with Gasteiger partial charge >= 0.3 is 12.1 Å². The van der Waals surface area contributed by atoms with Crippen molar-refractivity contribution in [2.24, 2.45) is 17.8 Å². The summed E-state index contributed by atoms with van der Waals surface area (Å²) in [5, 5.41) is 9.22. The van der Waals surface area contributed by atoms with Gasteiger partial charge in [0, 0.05) is 17.5 Å². The molecule has 0 amide bonds. The lowest BCUT2D eigenvalue weighted by molar-refractivity contribution is -0.139. The van der Waals surface area contributed by atoms with E-state index in [0.717, 1.165) is 12.1 Å². The van der Waals surface area contributed by atoms with Crippen molar-refractivity contribution in [1.29, 1.82) is 0 Å². The summed E-state index contributed by atoms with van der Waals surface area (Å²) in [6.45, 7) is 1.64. The van der Waals surface area contributed by atoms with Gasteiger partial charge in [0.2, 0.25) is 0 Å². The van der Waals surface area contributed by atoms with E-state index in [0.29, 0.717) is 17.4 Å². The molecule has 0 radical (unpaired) electrons.